The van der Waals surface area contributed by atoms with Crippen LogP contribution in [0.2, 0.25) is 0 Å². The van der Waals surface area contributed by atoms with Crippen LogP contribution in [0.25, 0.3) is 0 Å². The first kappa shape index (κ1) is 11.6. The van der Waals surface area contributed by atoms with E-state index in [1.165, 1.54) is 0 Å². The van der Waals surface area contributed by atoms with Gasteiger partial charge in [0.2, 0.25) is 0 Å². The Kier molecular flexibility index (Phi) is 3.25. The number of anilines is 1. The summed E-state index contributed by atoms with van der Waals surface area (Å²) in [5, 5.41) is 0. The highest BCUT2D eigenvalue weighted by Crippen LogP contribution is 2.37. The first-order valence-electron chi connectivity index (χ1n) is 3.16. The van der Waals surface area contributed by atoms with Crippen molar-refractivity contribution in [1.29, 1.82) is 0 Å². The molecule has 0 aliphatic rings. The van der Waals surface area contributed by atoms with Crippen LogP contribution in [-0.2, 0) is 0 Å². The molecule has 0 amide bonds. The Morgan fingerprint density at radius 2 is 1.86 bits per heavy atom. The minimum atomic E-state index is -4.75. The van der Waals surface area contributed by atoms with E-state index in [1.54, 1.807) is 0 Å². The number of ether oxygens (including phenoxy) is 1. The lowest BCUT2D eigenvalue weighted by molar-refractivity contribution is -0.275. The van der Waals surface area contributed by atoms with Gasteiger partial charge in [-0.2, -0.15) is 0 Å². The van der Waals surface area contributed by atoms with Crippen LogP contribution >= 0.6 is 31.9 Å². The zero-order chi connectivity index (χ0) is 10.9. The van der Waals surface area contributed by atoms with E-state index in [1.807, 2.05) is 0 Å². The molecule has 14 heavy (non-hydrogen) atoms. The molecule has 0 saturated heterocycles. The molecule has 8 heteroatoms. The number of nitrogens with two attached hydrogens (primary N) is 1. The zero-order valence-electron chi connectivity index (χ0n) is 6.40. The summed E-state index contributed by atoms with van der Waals surface area (Å²) in [5.74, 6) is -0.370. The van der Waals surface area contributed by atoms with Crippen molar-refractivity contribution in [3.05, 3.63) is 15.1 Å². The van der Waals surface area contributed by atoms with Gasteiger partial charge in [-0.15, -0.1) is 13.2 Å². The van der Waals surface area contributed by atoms with Crippen molar-refractivity contribution >= 4 is 37.7 Å². The Labute approximate surface area is 93.7 Å². The van der Waals surface area contributed by atoms with Gasteiger partial charge in [0.05, 0.1) is 15.1 Å². The Bertz CT molecular complexity index is 356. The van der Waals surface area contributed by atoms with Crippen molar-refractivity contribution in [1.82, 2.24) is 4.98 Å². The number of pyridine rings is 1. The molecule has 0 spiro atoms. The predicted octanol–water partition coefficient (Wildman–Crippen LogP) is 3.09. The average Bonchev–Trinajstić information content (AvgIpc) is 2.04. The molecule has 0 aliphatic heterocycles. The summed E-state index contributed by atoms with van der Waals surface area (Å²) in [6.07, 6.45) is -3.86. The lowest BCUT2D eigenvalue weighted by Gasteiger charge is -2.11. The summed E-state index contributed by atoms with van der Waals surface area (Å²) < 4.78 is 39.5. The number of alkyl halides is 3. The van der Waals surface area contributed by atoms with Crippen LogP contribution in [0, 0.1) is 0 Å². The first-order valence-corrected chi connectivity index (χ1v) is 4.75. The molecule has 0 unspecified atom stereocenters. The van der Waals surface area contributed by atoms with Gasteiger partial charge in [-0.1, -0.05) is 0 Å². The molecular formula is C6H3Br2F3N2O. The molecule has 0 aliphatic carbocycles. The Hall–Kier alpha value is -0.500. The van der Waals surface area contributed by atoms with Crippen molar-refractivity contribution in [3.8, 4) is 5.75 Å². The standard InChI is InChI=1S/C6H3Br2F3N2O/c7-3-2(14-6(9,10)11)1-13-5(12)4(3)8/h1H,(H2,12,13). The summed E-state index contributed by atoms with van der Waals surface area (Å²) in [4.78, 5) is 3.50. The van der Waals surface area contributed by atoms with Crippen molar-refractivity contribution in [2.45, 2.75) is 6.36 Å². The van der Waals surface area contributed by atoms with Crippen LogP contribution in [0.1, 0.15) is 0 Å². The minimum Gasteiger partial charge on any atom is -0.403 e. The maximum absolute atomic E-state index is 11.8. The topological polar surface area (TPSA) is 48.1 Å². The van der Waals surface area contributed by atoms with Gasteiger partial charge < -0.3 is 10.5 Å². The van der Waals surface area contributed by atoms with Gasteiger partial charge in [0.1, 0.15) is 5.82 Å². The molecule has 0 bridgehead atoms. The maximum Gasteiger partial charge on any atom is 0.573 e. The lowest BCUT2D eigenvalue weighted by atomic mass is 10.4. The predicted molar refractivity (Wildman–Crippen MR) is 50.7 cm³/mol. The van der Waals surface area contributed by atoms with Gasteiger partial charge in [-0.3, -0.25) is 0 Å². The van der Waals surface area contributed by atoms with E-state index in [2.05, 4.69) is 41.6 Å². The molecule has 78 valence electrons. The van der Waals surface area contributed by atoms with Crippen molar-refractivity contribution < 1.29 is 17.9 Å². The van der Waals surface area contributed by atoms with E-state index in [0.717, 1.165) is 6.20 Å². The highest BCUT2D eigenvalue weighted by molar-refractivity contribution is 9.13. The van der Waals surface area contributed by atoms with E-state index in [9.17, 15) is 13.2 Å². The second-order valence-electron chi connectivity index (χ2n) is 2.18. The fourth-order valence-corrected chi connectivity index (χ4v) is 1.34. The van der Waals surface area contributed by atoms with E-state index in [0.29, 0.717) is 0 Å². The number of rotatable bonds is 1. The maximum atomic E-state index is 11.8. The molecule has 0 atom stereocenters. The monoisotopic (exact) mass is 334 g/mol. The van der Waals surface area contributed by atoms with Crippen molar-refractivity contribution in [2.24, 2.45) is 0 Å². The highest BCUT2D eigenvalue weighted by Gasteiger charge is 2.32. The van der Waals surface area contributed by atoms with Gasteiger partial charge >= 0.3 is 6.36 Å². The summed E-state index contributed by atoms with van der Waals surface area (Å²) in [6.45, 7) is 0. The van der Waals surface area contributed by atoms with Crippen LogP contribution in [0.15, 0.2) is 15.1 Å². The normalized spacial score (nSPS) is 11.5. The summed E-state index contributed by atoms with van der Waals surface area (Å²) in [5.41, 5.74) is 5.33. The number of halogens is 5. The number of hydrogen-bond acceptors (Lipinski definition) is 3. The van der Waals surface area contributed by atoms with Gasteiger partial charge in [0.15, 0.2) is 5.75 Å². The Morgan fingerprint density at radius 1 is 1.29 bits per heavy atom. The SMILES string of the molecule is Nc1ncc(OC(F)(F)F)c(Br)c1Br. The number of hydrogen-bond donors (Lipinski definition) is 1. The largest absolute Gasteiger partial charge is 0.573 e. The third-order valence-electron chi connectivity index (χ3n) is 1.18. The van der Waals surface area contributed by atoms with Gasteiger partial charge in [-0.05, 0) is 31.9 Å². The fraction of sp³-hybridized carbons (Fsp3) is 0.167. The Balaban J connectivity index is 3.06. The van der Waals surface area contributed by atoms with E-state index < -0.39 is 12.1 Å². The fourth-order valence-electron chi connectivity index (χ4n) is 0.658. The van der Waals surface area contributed by atoms with Crippen molar-refractivity contribution in [3.63, 3.8) is 0 Å². The Morgan fingerprint density at radius 3 is 2.36 bits per heavy atom. The highest BCUT2D eigenvalue weighted by atomic mass is 79.9. The molecule has 0 aromatic carbocycles. The summed E-state index contributed by atoms with van der Waals surface area (Å²) >= 11 is 5.85. The number of aromatic nitrogens is 1. The molecule has 1 heterocycles. The second kappa shape index (κ2) is 3.93. The molecule has 2 N–H and O–H groups in total. The molecule has 0 radical (unpaired) electrons. The molecular weight excluding hydrogens is 333 g/mol. The number of nitrogen functional groups attached to an aromatic ring is 1. The van der Waals surface area contributed by atoms with Gasteiger partial charge in [-0.25, -0.2) is 4.98 Å². The quantitative estimate of drug-likeness (QED) is 0.858. The van der Waals surface area contributed by atoms with Crippen LogP contribution in [0.4, 0.5) is 19.0 Å². The number of nitrogens with zero attached hydrogens (tertiary/aromatic N) is 1. The minimum absolute atomic E-state index is 0.0716. The summed E-state index contributed by atoms with van der Waals surface area (Å²) in [7, 11) is 0. The third-order valence-corrected chi connectivity index (χ3v) is 3.30. The van der Waals surface area contributed by atoms with Crippen LogP contribution in [-0.4, -0.2) is 11.3 Å². The molecule has 1 aromatic rings. The molecule has 3 nitrogen and oxygen atoms in total. The van der Waals surface area contributed by atoms with Crippen LogP contribution < -0.4 is 10.5 Å². The van der Waals surface area contributed by atoms with Crippen molar-refractivity contribution in [2.75, 3.05) is 5.73 Å². The molecule has 1 rings (SSSR count). The van der Waals surface area contributed by atoms with Gasteiger partial charge in [0, 0.05) is 0 Å². The van der Waals surface area contributed by atoms with Crippen LogP contribution in [0.5, 0.6) is 5.75 Å². The molecule has 0 saturated carbocycles. The van der Waals surface area contributed by atoms with Crippen LogP contribution in [0.3, 0.4) is 0 Å². The lowest BCUT2D eigenvalue weighted by Crippen LogP contribution is -2.17. The van der Waals surface area contributed by atoms with E-state index in [-0.39, 0.29) is 14.8 Å². The van der Waals surface area contributed by atoms with E-state index >= 15 is 0 Å². The smallest absolute Gasteiger partial charge is 0.403 e. The zero-order valence-corrected chi connectivity index (χ0v) is 9.57. The van der Waals surface area contributed by atoms with Gasteiger partial charge in [0.25, 0.3) is 0 Å². The average molecular weight is 336 g/mol. The third kappa shape index (κ3) is 2.74. The second-order valence-corrected chi connectivity index (χ2v) is 3.77. The first-order chi connectivity index (χ1) is 6.31. The summed E-state index contributed by atoms with van der Waals surface area (Å²) in [6, 6.07) is 0. The molecule has 1 aromatic heterocycles. The molecule has 0 fully saturated rings. The van der Waals surface area contributed by atoms with E-state index in [4.69, 9.17) is 5.73 Å².